The molecule has 8 heteroatoms. The first-order chi connectivity index (χ1) is 10.7. The molecule has 1 fully saturated rings. The van der Waals surface area contributed by atoms with Crippen LogP contribution in [0.1, 0.15) is 27.7 Å². The maximum atomic E-state index is 12.1. The molecule has 2 heterocycles. The second kappa shape index (κ2) is 6.39. The summed E-state index contributed by atoms with van der Waals surface area (Å²) in [5.41, 5.74) is -0.550. The molecule has 0 N–H and O–H groups in total. The summed E-state index contributed by atoms with van der Waals surface area (Å²) in [5.74, 6) is 0.673. The van der Waals surface area contributed by atoms with E-state index in [9.17, 15) is 14.9 Å². The molecule has 1 saturated heterocycles. The van der Waals surface area contributed by atoms with Gasteiger partial charge in [0.2, 0.25) is 0 Å². The van der Waals surface area contributed by atoms with Crippen molar-refractivity contribution in [1.29, 1.82) is 0 Å². The first kappa shape index (κ1) is 17.0. The molecule has 0 spiro atoms. The van der Waals surface area contributed by atoms with Gasteiger partial charge in [0.05, 0.1) is 4.92 Å². The van der Waals surface area contributed by atoms with Crippen molar-refractivity contribution in [3.63, 3.8) is 0 Å². The lowest BCUT2D eigenvalue weighted by Gasteiger charge is -2.40. The second-order valence-electron chi connectivity index (χ2n) is 6.60. The van der Waals surface area contributed by atoms with Gasteiger partial charge in [-0.25, -0.2) is 9.78 Å². The van der Waals surface area contributed by atoms with E-state index in [1.165, 1.54) is 12.3 Å². The normalized spacial score (nSPS) is 18.7. The van der Waals surface area contributed by atoms with Gasteiger partial charge in [-0.15, -0.1) is 0 Å². The van der Waals surface area contributed by atoms with Gasteiger partial charge >= 0.3 is 6.09 Å². The van der Waals surface area contributed by atoms with Crippen LogP contribution in [-0.4, -0.2) is 52.2 Å². The Balaban J connectivity index is 2.01. The molecule has 1 amide bonds. The van der Waals surface area contributed by atoms with Crippen molar-refractivity contribution < 1.29 is 14.5 Å². The van der Waals surface area contributed by atoms with E-state index in [1.807, 2.05) is 32.6 Å². The lowest BCUT2D eigenvalue weighted by atomic mass is 10.2. The van der Waals surface area contributed by atoms with Crippen LogP contribution in [0, 0.1) is 10.1 Å². The first-order valence-electron chi connectivity index (χ1n) is 7.52. The van der Waals surface area contributed by atoms with E-state index in [0.717, 1.165) is 0 Å². The quantitative estimate of drug-likeness (QED) is 0.614. The van der Waals surface area contributed by atoms with E-state index in [1.54, 1.807) is 11.0 Å². The minimum atomic E-state index is -0.516. The summed E-state index contributed by atoms with van der Waals surface area (Å²) in [5, 5.41) is 10.7. The molecule has 1 aromatic rings. The van der Waals surface area contributed by atoms with Gasteiger partial charge in [0.1, 0.15) is 17.6 Å². The van der Waals surface area contributed by atoms with Gasteiger partial charge in [-0.2, -0.15) is 0 Å². The van der Waals surface area contributed by atoms with Crippen LogP contribution in [0.4, 0.5) is 16.3 Å². The minimum absolute atomic E-state index is 0.0335. The average Bonchev–Trinajstić information content (AvgIpc) is 2.45. The van der Waals surface area contributed by atoms with Crippen LogP contribution in [0.15, 0.2) is 18.3 Å². The van der Waals surface area contributed by atoms with Crippen molar-refractivity contribution in [3.05, 3.63) is 28.4 Å². The number of pyridine rings is 1. The van der Waals surface area contributed by atoms with Crippen LogP contribution in [0.2, 0.25) is 0 Å². The molecule has 0 aromatic carbocycles. The third-order valence-corrected chi connectivity index (χ3v) is 3.52. The third-order valence-electron chi connectivity index (χ3n) is 3.52. The van der Waals surface area contributed by atoms with Crippen LogP contribution >= 0.6 is 0 Å². The van der Waals surface area contributed by atoms with E-state index < -0.39 is 10.5 Å². The molecule has 2 rings (SSSR count). The van der Waals surface area contributed by atoms with Crippen LogP contribution < -0.4 is 4.90 Å². The van der Waals surface area contributed by atoms with Gasteiger partial charge in [-0.1, -0.05) is 0 Å². The zero-order valence-electron chi connectivity index (χ0n) is 13.9. The fourth-order valence-electron chi connectivity index (χ4n) is 2.45. The fourth-order valence-corrected chi connectivity index (χ4v) is 2.45. The van der Waals surface area contributed by atoms with Crippen molar-refractivity contribution in [3.8, 4) is 0 Å². The van der Waals surface area contributed by atoms with Gasteiger partial charge in [0, 0.05) is 31.7 Å². The van der Waals surface area contributed by atoms with Crippen molar-refractivity contribution in [2.75, 3.05) is 24.5 Å². The smallest absolute Gasteiger partial charge is 0.410 e. The van der Waals surface area contributed by atoms with Crippen molar-refractivity contribution >= 4 is 17.6 Å². The number of nitro groups is 1. The number of anilines is 1. The van der Waals surface area contributed by atoms with Gasteiger partial charge in [0.25, 0.3) is 5.69 Å². The number of nitrogens with zero attached hydrogens (tertiary/aromatic N) is 4. The van der Waals surface area contributed by atoms with Crippen molar-refractivity contribution in [1.82, 2.24) is 9.88 Å². The summed E-state index contributed by atoms with van der Waals surface area (Å²) in [6.07, 6.45) is 0.933. The maximum absolute atomic E-state index is 12.1. The summed E-state index contributed by atoms with van der Waals surface area (Å²) < 4.78 is 5.39. The van der Waals surface area contributed by atoms with Crippen LogP contribution in [0.3, 0.4) is 0 Å². The Kier molecular flexibility index (Phi) is 4.72. The standard InChI is InChI=1S/C15H22N4O4/c1-11-10-17(14(20)23-15(2,3)4)7-8-18(11)13-6-5-12(9-16-13)19(21)22/h5-6,9,11H,7-8,10H2,1-4H3/t11-/m0/s1. The summed E-state index contributed by atoms with van der Waals surface area (Å²) in [7, 11) is 0. The molecule has 23 heavy (non-hydrogen) atoms. The number of rotatable bonds is 2. The molecule has 1 aliphatic heterocycles. The first-order valence-corrected chi connectivity index (χ1v) is 7.52. The maximum Gasteiger partial charge on any atom is 0.410 e. The van der Waals surface area contributed by atoms with Gasteiger partial charge in [0.15, 0.2) is 0 Å². The zero-order chi connectivity index (χ0) is 17.2. The number of hydrogen-bond acceptors (Lipinski definition) is 6. The lowest BCUT2D eigenvalue weighted by Crippen LogP contribution is -2.54. The van der Waals surface area contributed by atoms with Crippen molar-refractivity contribution in [2.24, 2.45) is 0 Å². The molecule has 0 bridgehead atoms. The summed E-state index contributed by atoms with van der Waals surface area (Å²) >= 11 is 0. The molecule has 0 saturated carbocycles. The SMILES string of the molecule is C[C@H]1CN(C(=O)OC(C)(C)C)CCN1c1ccc([N+](=O)[O-])cn1. The van der Waals surface area contributed by atoms with Crippen LogP contribution in [-0.2, 0) is 4.74 Å². The van der Waals surface area contributed by atoms with E-state index in [-0.39, 0.29) is 17.8 Å². The molecule has 1 aliphatic rings. The highest BCUT2D eigenvalue weighted by Gasteiger charge is 2.30. The largest absolute Gasteiger partial charge is 0.444 e. The number of carbonyl (C=O) groups excluding carboxylic acids is 1. The Bertz CT molecular complexity index is 582. The molecule has 0 radical (unpaired) electrons. The summed E-state index contributed by atoms with van der Waals surface area (Å²) in [6.45, 7) is 9.15. The fraction of sp³-hybridized carbons (Fsp3) is 0.600. The number of amides is 1. The van der Waals surface area contributed by atoms with E-state index in [4.69, 9.17) is 4.74 Å². The predicted molar refractivity (Wildman–Crippen MR) is 85.5 cm³/mol. The van der Waals surface area contributed by atoms with Crippen LogP contribution in [0.5, 0.6) is 0 Å². The Hall–Kier alpha value is -2.38. The monoisotopic (exact) mass is 322 g/mol. The topological polar surface area (TPSA) is 88.8 Å². The lowest BCUT2D eigenvalue weighted by molar-refractivity contribution is -0.385. The Labute approximate surface area is 135 Å². The summed E-state index contributed by atoms with van der Waals surface area (Å²) in [4.78, 5) is 30.2. The highest BCUT2D eigenvalue weighted by molar-refractivity contribution is 5.68. The second-order valence-corrected chi connectivity index (χ2v) is 6.60. The number of hydrogen-bond donors (Lipinski definition) is 0. The van der Waals surface area contributed by atoms with Gasteiger partial charge < -0.3 is 14.5 Å². The number of aromatic nitrogens is 1. The molecule has 1 atom stereocenters. The molecule has 0 aliphatic carbocycles. The Morgan fingerprint density at radius 1 is 1.39 bits per heavy atom. The number of piperazine rings is 1. The number of ether oxygens (including phenoxy) is 1. The summed E-state index contributed by atoms with van der Waals surface area (Å²) in [6, 6.07) is 3.12. The Morgan fingerprint density at radius 3 is 2.57 bits per heavy atom. The minimum Gasteiger partial charge on any atom is -0.444 e. The molecular formula is C15H22N4O4. The number of carbonyl (C=O) groups is 1. The van der Waals surface area contributed by atoms with Gasteiger partial charge in [-0.3, -0.25) is 10.1 Å². The molecule has 1 aromatic heterocycles. The van der Waals surface area contributed by atoms with Crippen molar-refractivity contribution in [2.45, 2.75) is 39.3 Å². The molecule has 8 nitrogen and oxygen atoms in total. The predicted octanol–water partition coefficient (Wildman–Crippen LogP) is 2.44. The highest BCUT2D eigenvalue weighted by Crippen LogP contribution is 2.21. The van der Waals surface area contributed by atoms with E-state index in [0.29, 0.717) is 25.5 Å². The molecular weight excluding hydrogens is 300 g/mol. The molecule has 0 unspecified atom stereocenters. The van der Waals surface area contributed by atoms with E-state index >= 15 is 0 Å². The molecule has 126 valence electrons. The van der Waals surface area contributed by atoms with E-state index in [2.05, 4.69) is 4.98 Å². The Morgan fingerprint density at radius 2 is 2.09 bits per heavy atom. The zero-order valence-corrected chi connectivity index (χ0v) is 13.9. The third kappa shape index (κ3) is 4.30. The van der Waals surface area contributed by atoms with Gasteiger partial charge in [-0.05, 0) is 33.8 Å². The van der Waals surface area contributed by atoms with Crippen LogP contribution in [0.25, 0.3) is 0 Å². The highest BCUT2D eigenvalue weighted by atomic mass is 16.6. The average molecular weight is 322 g/mol.